The third-order valence-corrected chi connectivity index (χ3v) is 4.98. The second-order valence-electron chi connectivity index (χ2n) is 4.10. The molecule has 0 spiro atoms. The van der Waals surface area contributed by atoms with Crippen molar-refractivity contribution in [1.82, 2.24) is 9.78 Å². The first-order valence-corrected chi connectivity index (χ1v) is 7.92. The standard InChI is InChI=1S/C14H17BrN2OS/c1-4-17-11(14(15)10(2)16-17)9-19-13-8-6-5-7-12(13)18-3/h5-8H,4,9H2,1-3H3. The van der Waals surface area contributed by atoms with Crippen LogP contribution in [0.2, 0.25) is 0 Å². The van der Waals surface area contributed by atoms with Crippen LogP contribution in [0.25, 0.3) is 0 Å². The molecular weight excluding hydrogens is 324 g/mol. The van der Waals surface area contributed by atoms with Crippen molar-refractivity contribution < 1.29 is 4.74 Å². The van der Waals surface area contributed by atoms with Crippen molar-refractivity contribution in [3.8, 4) is 5.75 Å². The summed E-state index contributed by atoms with van der Waals surface area (Å²) in [6.07, 6.45) is 0. The Morgan fingerprint density at radius 3 is 2.79 bits per heavy atom. The lowest BCUT2D eigenvalue weighted by Gasteiger charge is -2.09. The summed E-state index contributed by atoms with van der Waals surface area (Å²) in [6.45, 7) is 5.01. The van der Waals surface area contributed by atoms with E-state index in [2.05, 4.69) is 34.0 Å². The van der Waals surface area contributed by atoms with Gasteiger partial charge in [0.15, 0.2) is 0 Å². The minimum absolute atomic E-state index is 0.871. The smallest absolute Gasteiger partial charge is 0.132 e. The van der Waals surface area contributed by atoms with Crippen molar-refractivity contribution in [2.45, 2.75) is 31.0 Å². The summed E-state index contributed by atoms with van der Waals surface area (Å²) < 4.78 is 8.52. The Kier molecular flexibility index (Phi) is 4.93. The molecule has 2 rings (SSSR count). The highest BCUT2D eigenvalue weighted by Crippen LogP contribution is 2.33. The zero-order valence-corrected chi connectivity index (χ0v) is 13.7. The fourth-order valence-corrected chi connectivity index (χ4v) is 3.55. The maximum atomic E-state index is 5.37. The SMILES string of the molecule is CCn1nc(C)c(Br)c1CSc1ccccc1OC. The van der Waals surface area contributed by atoms with E-state index in [0.29, 0.717) is 0 Å². The Bertz CT molecular complexity index is 569. The maximum Gasteiger partial charge on any atom is 0.132 e. The first kappa shape index (κ1) is 14.5. The molecule has 0 bridgehead atoms. The van der Waals surface area contributed by atoms with E-state index in [1.807, 2.05) is 29.8 Å². The number of aryl methyl sites for hydroxylation is 2. The van der Waals surface area contributed by atoms with Crippen LogP contribution >= 0.6 is 27.7 Å². The molecule has 3 nitrogen and oxygen atoms in total. The molecule has 1 heterocycles. The van der Waals surface area contributed by atoms with Crippen LogP contribution in [0.15, 0.2) is 33.6 Å². The highest BCUT2D eigenvalue weighted by molar-refractivity contribution is 9.10. The molecule has 0 saturated heterocycles. The highest BCUT2D eigenvalue weighted by atomic mass is 79.9. The molecule has 0 unspecified atom stereocenters. The first-order valence-electron chi connectivity index (χ1n) is 6.15. The van der Waals surface area contributed by atoms with E-state index in [-0.39, 0.29) is 0 Å². The van der Waals surface area contributed by atoms with Crippen molar-refractivity contribution in [3.63, 3.8) is 0 Å². The van der Waals surface area contributed by atoms with Gasteiger partial charge in [0.2, 0.25) is 0 Å². The third-order valence-electron chi connectivity index (χ3n) is 2.89. The average Bonchev–Trinajstić information content (AvgIpc) is 2.72. The number of para-hydroxylation sites is 1. The second-order valence-corrected chi connectivity index (χ2v) is 5.91. The number of rotatable bonds is 5. The van der Waals surface area contributed by atoms with Gasteiger partial charge in [-0.3, -0.25) is 4.68 Å². The van der Waals surface area contributed by atoms with Gasteiger partial charge in [-0.05, 0) is 41.9 Å². The van der Waals surface area contributed by atoms with Gasteiger partial charge in [-0.2, -0.15) is 5.10 Å². The highest BCUT2D eigenvalue weighted by Gasteiger charge is 2.13. The van der Waals surface area contributed by atoms with Crippen LogP contribution in [-0.4, -0.2) is 16.9 Å². The van der Waals surface area contributed by atoms with Crippen LogP contribution in [0.4, 0.5) is 0 Å². The van der Waals surface area contributed by atoms with Gasteiger partial charge in [0.05, 0.1) is 23.0 Å². The molecule has 2 aromatic rings. The monoisotopic (exact) mass is 340 g/mol. The Labute approximate surface area is 126 Å². The molecule has 0 aliphatic heterocycles. The molecule has 0 fully saturated rings. The summed E-state index contributed by atoms with van der Waals surface area (Å²) in [5.74, 6) is 1.79. The van der Waals surface area contributed by atoms with Crippen molar-refractivity contribution in [1.29, 1.82) is 0 Å². The van der Waals surface area contributed by atoms with Gasteiger partial charge in [-0.25, -0.2) is 0 Å². The second kappa shape index (κ2) is 6.48. The summed E-state index contributed by atoms with van der Waals surface area (Å²) in [7, 11) is 1.70. The molecule has 0 aliphatic rings. The number of aromatic nitrogens is 2. The fourth-order valence-electron chi connectivity index (χ4n) is 1.89. The summed E-state index contributed by atoms with van der Waals surface area (Å²) in [5, 5.41) is 4.51. The summed E-state index contributed by atoms with van der Waals surface area (Å²) in [5.41, 5.74) is 2.26. The van der Waals surface area contributed by atoms with Crippen LogP contribution in [-0.2, 0) is 12.3 Å². The van der Waals surface area contributed by atoms with Crippen LogP contribution in [0, 0.1) is 6.92 Å². The Morgan fingerprint density at radius 2 is 2.11 bits per heavy atom. The van der Waals surface area contributed by atoms with Gasteiger partial charge in [0.25, 0.3) is 0 Å². The van der Waals surface area contributed by atoms with E-state index < -0.39 is 0 Å². The number of hydrogen-bond acceptors (Lipinski definition) is 3. The summed E-state index contributed by atoms with van der Waals surface area (Å²) >= 11 is 5.39. The molecule has 1 aromatic heterocycles. The number of ether oxygens (including phenoxy) is 1. The van der Waals surface area contributed by atoms with Crippen LogP contribution < -0.4 is 4.74 Å². The fraction of sp³-hybridized carbons (Fsp3) is 0.357. The molecule has 0 aliphatic carbocycles. The zero-order chi connectivity index (χ0) is 13.8. The maximum absolute atomic E-state index is 5.37. The molecule has 0 amide bonds. The number of benzene rings is 1. The largest absolute Gasteiger partial charge is 0.496 e. The van der Waals surface area contributed by atoms with Crippen LogP contribution in [0.5, 0.6) is 5.75 Å². The Hall–Kier alpha value is -0.940. The number of methoxy groups -OCH3 is 1. The van der Waals surface area contributed by atoms with Crippen molar-refractivity contribution in [2.24, 2.45) is 0 Å². The van der Waals surface area contributed by atoms with Gasteiger partial charge in [0.1, 0.15) is 5.75 Å². The third kappa shape index (κ3) is 3.15. The molecule has 102 valence electrons. The van der Waals surface area contributed by atoms with Gasteiger partial charge in [0, 0.05) is 17.2 Å². The molecule has 0 N–H and O–H groups in total. The number of nitrogens with zero attached hydrogens (tertiary/aromatic N) is 2. The number of thioether (sulfide) groups is 1. The van der Waals surface area contributed by atoms with Gasteiger partial charge < -0.3 is 4.74 Å². The van der Waals surface area contributed by atoms with E-state index in [9.17, 15) is 0 Å². The van der Waals surface area contributed by atoms with E-state index in [4.69, 9.17) is 4.74 Å². The van der Waals surface area contributed by atoms with Crippen molar-refractivity contribution >= 4 is 27.7 Å². The average molecular weight is 341 g/mol. The normalized spacial score (nSPS) is 10.7. The Morgan fingerprint density at radius 1 is 1.37 bits per heavy atom. The number of halogens is 1. The van der Waals surface area contributed by atoms with E-state index in [0.717, 1.165) is 33.1 Å². The lowest BCUT2D eigenvalue weighted by Crippen LogP contribution is -2.01. The Balaban J connectivity index is 2.19. The molecule has 0 atom stereocenters. The van der Waals surface area contributed by atoms with Gasteiger partial charge in [-0.1, -0.05) is 12.1 Å². The van der Waals surface area contributed by atoms with Crippen molar-refractivity contribution in [2.75, 3.05) is 7.11 Å². The van der Waals surface area contributed by atoms with Crippen molar-refractivity contribution in [3.05, 3.63) is 40.1 Å². The molecule has 0 radical (unpaired) electrons. The van der Waals surface area contributed by atoms with Gasteiger partial charge in [-0.15, -0.1) is 11.8 Å². The lowest BCUT2D eigenvalue weighted by atomic mass is 10.3. The minimum atomic E-state index is 0.871. The molecule has 1 aromatic carbocycles. The van der Waals surface area contributed by atoms with E-state index in [1.54, 1.807) is 18.9 Å². The molecule has 5 heteroatoms. The first-order chi connectivity index (χ1) is 9.17. The molecule has 19 heavy (non-hydrogen) atoms. The molecular formula is C14H17BrN2OS. The van der Waals surface area contributed by atoms with Gasteiger partial charge >= 0.3 is 0 Å². The number of hydrogen-bond donors (Lipinski definition) is 0. The zero-order valence-electron chi connectivity index (χ0n) is 11.3. The minimum Gasteiger partial charge on any atom is -0.496 e. The van der Waals surface area contributed by atoms with Crippen LogP contribution in [0.1, 0.15) is 18.3 Å². The lowest BCUT2D eigenvalue weighted by molar-refractivity contribution is 0.405. The summed E-state index contributed by atoms with van der Waals surface area (Å²) in [4.78, 5) is 1.15. The summed E-state index contributed by atoms with van der Waals surface area (Å²) in [6, 6.07) is 8.08. The predicted molar refractivity (Wildman–Crippen MR) is 82.9 cm³/mol. The van der Waals surface area contributed by atoms with Crippen LogP contribution in [0.3, 0.4) is 0 Å². The predicted octanol–water partition coefficient (Wildman–Crippen LogP) is 4.27. The molecule has 0 saturated carbocycles. The van der Waals surface area contributed by atoms with E-state index in [1.165, 1.54) is 5.69 Å². The quantitative estimate of drug-likeness (QED) is 0.760. The topological polar surface area (TPSA) is 27.1 Å². The van der Waals surface area contributed by atoms with E-state index >= 15 is 0 Å².